The number of nitrogens with two attached hydrogens (primary N) is 1. The number of oxime groups is 1. The van der Waals surface area contributed by atoms with E-state index in [9.17, 15) is 14.7 Å². The number of carbonyl (C=O) groups excluding carboxylic acids is 2. The summed E-state index contributed by atoms with van der Waals surface area (Å²) in [7, 11) is 1.30. The van der Waals surface area contributed by atoms with Crippen LogP contribution in [0, 0.1) is 0 Å². The molecular formula is C18H20N5NaO5S3. The number of hydrogen-bond donors (Lipinski definition) is 2. The molecule has 3 N–H and O–H groups in total. The van der Waals surface area contributed by atoms with E-state index in [1.54, 1.807) is 5.38 Å². The molecule has 2 amide bonds. The van der Waals surface area contributed by atoms with Gasteiger partial charge in [-0.1, -0.05) is 17.4 Å². The Labute approximate surface area is 220 Å². The van der Waals surface area contributed by atoms with Crippen molar-refractivity contribution in [2.75, 3.05) is 25.2 Å². The molecule has 2 fully saturated rings. The van der Waals surface area contributed by atoms with Crippen molar-refractivity contribution in [3.63, 3.8) is 0 Å². The summed E-state index contributed by atoms with van der Waals surface area (Å²) < 4.78 is 5.67. The standard InChI is InChI=1S/C18H21N5O5S3.Na/c1-27-22-11(10-7-31-18(19)20-10)14(24)21-12-15(25)23-13(17(26)29)8(6-30-16(12)23)5-9-3-2-4-28-9;/h7,9,12,16H,2-6H2,1H3,(H2,19,20)(H,21,24)(H,26,29);/q;+1/p-1/b22-11+;/t9?,12?,16-;/m1./s1. The number of β-lactam (4-membered cyclic amide) rings is 1. The second kappa shape index (κ2) is 10.8. The van der Waals surface area contributed by atoms with Crippen LogP contribution in [-0.4, -0.2) is 69.4 Å². The van der Waals surface area contributed by atoms with Crippen molar-refractivity contribution >= 4 is 63.0 Å². The molecule has 2 unspecified atom stereocenters. The van der Waals surface area contributed by atoms with Crippen LogP contribution in [0.4, 0.5) is 5.13 Å². The molecule has 10 nitrogen and oxygen atoms in total. The Hall–Kier alpha value is -1.22. The Morgan fingerprint density at radius 2 is 2.34 bits per heavy atom. The Bertz CT molecular complexity index is 978. The number of nitrogen functional groups attached to an aromatic ring is 1. The number of anilines is 1. The SMILES string of the molecule is CO/N=C(/C(=O)NC1C(=O)N2C(C([O-])=S)=C(CC3CCCO3)CS[C@H]12)c1csc(N)n1.[Na+]. The summed E-state index contributed by atoms with van der Waals surface area (Å²) in [4.78, 5) is 35.9. The fourth-order valence-electron chi connectivity index (χ4n) is 3.81. The minimum atomic E-state index is -0.816. The van der Waals surface area contributed by atoms with E-state index < -0.39 is 28.3 Å². The predicted molar refractivity (Wildman–Crippen MR) is 118 cm³/mol. The van der Waals surface area contributed by atoms with E-state index >= 15 is 0 Å². The number of thiocarbonyl (C=S) groups is 1. The molecule has 0 spiro atoms. The van der Waals surface area contributed by atoms with Gasteiger partial charge in [0.1, 0.15) is 24.2 Å². The van der Waals surface area contributed by atoms with Gasteiger partial charge in [-0.2, -0.15) is 0 Å². The van der Waals surface area contributed by atoms with E-state index in [4.69, 9.17) is 27.5 Å². The first-order valence-corrected chi connectivity index (χ1v) is 11.9. The van der Waals surface area contributed by atoms with E-state index in [2.05, 4.69) is 15.5 Å². The third-order valence-electron chi connectivity index (χ3n) is 5.19. The summed E-state index contributed by atoms with van der Waals surface area (Å²) >= 11 is 7.55. The first-order valence-electron chi connectivity index (χ1n) is 9.53. The zero-order valence-electron chi connectivity index (χ0n) is 17.5. The second-order valence-corrected chi connectivity index (χ2v) is 9.50. The zero-order chi connectivity index (χ0) is 22.1. The Morgan fingerprint density at radius 1 is 1.56 bits per heavy atom. The maximum atomic E-state index is 12.9. The largest absolute Gasteiger partial charge is 1.00 e. The van der Waals surface area contributed by atoms with Crippen LogP contribution in [0.3, 0.4) is 0 Å². The number of ether oxygens (including phenoxy) is 1. The van der Waals surface area contributed by atoms with Gasteiger partial charge in [-0.25, -0.2) is 4.98 Å². The number of thiazole rings is 1. The fourth-order valence-corrected chi connectivity index (χ4v) is 5.96. The van der Waals surface area contributed by atoms with Crippen molar-refractivity contribution in [2.24, 2.45) is 5.16 Å². The van der Waals surface area contributed by atoms with Gasteiger partial charge in [0.15, 0.2) is 10.8 Å². The Kier molecular flexibility index (Phi) is 8.58. The molecule has 3 aliphatic rings. The molecule has 32 heavy (non-hydrogen) atoms. The van der Waals surface area contributed by atoms with Crippen molar-refractivity contribution in [2.45, 2.75) is 36.8 Å². The summed E-state index contributed by atoms with van der Waals surface area (Å²) in [5.41, 5.74) is 6.88. The van der Waals surface area contributed by atoms with E-state index in [1.807, 2.05) is 0 Å². The molecule has 1 aromatic heterocycles. The third-order valence-corrected chi connectivity index (χ3v) is 7.39. The maximum Gasteiger partial charge on any atom is 1.00 e. The van der Waals surface area contributed by atoms with Crippen molar-refractivity contribution < 1.29 is 53.8 Å². The molecule has 1 aromatic rings. The molecule has 2 saturated heterocycles. The van der Waals surface area contributed by atoms with Crippen LogP contribution in [0.15, 0.2) is 21.8 Å². The number of nitrogens with zero attached hydrogens (tertiary/aromatic N) is 3. The van der Waals surface area contributed by atoms with Gasteiger partial charge < -0.3 is 25.7 Å². The van der Waals surface area contributed by atoms with Gasteiger partial charge in [0, 0.05) is 23.4 Å². The van der Waals surface area contributed by atoms with Crippen LogP contribution in [0.5, 0.6) is 0 Å². The average Bonchev–Trinajstić information content (AvgIpc) is 3.41. The van der Waals surface area contributed by atoms with Crippen molar-refractivity contribution in [3.8, 4) is 0 Å². The summed E-state index contributed by atoms with van der Waals surface area (Å²) in [5, 5.41) is 19.5. The topological polar surface area (TPSA) is 142 Å². The van der Waals surface area contributed by atoms with Crippen LogP contribution in [0.25, 0.3) is 0 Å². The molecule has 4 rings (SSSR count). The van der Waals surface area contributed by atoms with Crippen LogP contribution in [0.1, 0.15) is 25.0 Å². The minimum absolute atomic E-state index is 0. The molecule has 3 atom stereocenters. The molecule has 3 aliphatic heterocycles. The number of aromatic nitrogens is 1. The summed E-state index contributed by atoms with van der Waals surface area (Å²) in [5.74, 6) is -0.468. The Morgan fingerprint density at radius 3 is 2.94 bits per heavy atom. The number of rotatable bonds is 7. The number of hydrogen-bond acceptors (Lipinski definition) is 11. The van der Waals surface area contributed by atoms with E-state index in [-0.39, 0.29) is 57.9 Å². The molecule has 14 heteroatoms. The van der Waals surface area contributed by atoms with Gasteiger partial charge in [-0.05, 0) is 29.9 Å². The number of fused-ring (bicyclic) bond motifs is 1. The first kappa shape index (κ1) is 25.4. The molecule has 0 aliphatic carbocycles. The van der Waals surface area contributed by atoms with E-state index in [0.717, 1.165) is 29.8 Å². The number of carbonyl (C=O) groups is 2. The average molecular weight is 506 g/mol. The van der Waals surface area contributed by atoms with E-state index in [0.29, 0.717) is 18.8 Å². The number of nitrogens with one attached hydrogen (secondary N) is 1. The van der Waals surface area contributed by atoms with Gasteiger partial charge >= 0.3 is 29.6 Å². The summed E-state index contributed by atoms with van der Waals surface area (Å²) in [6.45, 7) is 0.706. The molecule has 0 radical (unpaired) electrons. The van der Waals surface area contributed by atoms with Crippen molar-refractivity contribution in [3.05, 3.63) is 22.3 Å². The zero-order valence-corrected chi connectivity index (χ0v) is 22.0. The first-order chi connectivity index (χ1) is 14.9. The molecule has 4 heterocycles. The van der Waals surface area contributed by atoms with Crippen LogP contribution in [0.2, 0.25) is 0 Å². The van der Waals surface area contributed by atoms with Crippen LogP contribution >= 0.6 is 35.3 Å². The van der Waals surface area contributed by atoms with Crippen LogP contribution < -0.4 is 45.7 Å². The van der Waals surface area contributed by atoms with Gasteiger partial charge in [-0.3, -0.25) is 14.5 Å². The van der Waals surface area contributed by atoms with Crippen molar-refractivity contribution in [1.82, 2.24) is 15.2 Å². The van der Waals surface area contributed by atoms with Gasteiger partial charge in [0.25, 0.3) is 11.8 Å². The molecular weight excluding hydrogens is 485 g/mol. The minimum Gasteiger partial charge on any atom is -0.863 e. The molecule has 0 aromatic carbocycles. The quantitative estimate of drug-likeness (QED) is 0.130. The van der Waals surface area contributed by atoms with E-state index in [1.165, 1.54) is 23.8 Å². The summed E-state index contributed by atoms with van der Waals surface area (Å²) in [6.07, 6.45) is 2.53. The van der Waals surface area contributed by atoms with Gasteiger partial charge in [-0.15, -0.1) is 23.1 Å². The van der Waals surface area contributed by atoms with Crippen LogP contribution in [-0.2, 0) is 19.2 Å². The number of amides is 2. The van der Waals surface area contributed by atoms with Gasteiger partial charge in [0.05, 0.1) is 6.10 Å². The normalized spacial score (nSPS) is 25.0. The predicted octanol–water partition coefficient (Wildman–Crippen LogP) is -3.01. The molecule has 0 bridgehead atoms. The van der Waals surface area contributed by atoms with Gasteiger partial charge in [0.2, 0.25) is 0 Å². The third kappa shape index (κ3) is 4.98. The smallest absolute Gasteiger partial charge is 0.863 e. The maximum absolute atomic E-state index is 12.9. The molecule has 166 valence electrons. The monoisotopic (exact) mass is 505 g/mol. The Balaban J connectivity index is 0.00000289. The molecule has 0 saturated carbocycles. The van der Waals surface area contributed by atoms with Crippen molar-refractivity contribution in [1.29, 1.82) is 0 Å². The summed E-state index contributed by atoms with van der Waals surface area (Å²) in [6, 6.07) is -0.816. The number of thioether (sulfide) groups is 1. The second-order valence-electron chi connectivity index (χ2n) is 7.13. The fraction of sp³-hybridized carbons (Fsp3) is 0.500.